The number of nitrogens with zero attached hydrogens (tertiary/aromatic N) is 1. The summed E-state index contributed by atoms with van der Waals surface area (Å²) in [5, 5.41) is 0.517. The van der Waals surface area contributed by atoms with E-state index < -0.39 is 9.89 Å². The van der Waals surface area contributed by atoms with E-state index in [1.165, 1.54) is 4.90 Å². The minimum absolute atomic E-state index is 0.349. The van der Waals surface area contributed by atoms with Gasteiger partial charge in [-0.05, 0) is 30.3 Å². The first kappa shape index (κ1) is 17.1. The third-order valence-corrected chi connectivity index (χ3v) is 4.72. The van der Waals surface area contributed by atoms with Crippen LogP contribution in [0.25, 0.3) is 0 Å². The molecule has 23 heavy (non-hydrogen) atoms. The molecule has 120 valence electrons. The third-order valence-electron chi connectivity index (χ3n) is 3.03. The number of carbonyl (C=O) groups is 1. The van der Waals surface area contributed by atoms with E-state index >= 15 is 0 Å². The number of hydrogen-bond donors (Lipinski definition) is 0. The van der Waals surface area contributed by atoms with Crippen LogP contribution in [0, 0.1) is 0 Å². The first-order valence-corrected chi connectivity index (χ1v) is 8.78. The standard InChI is InChI=1S/C15H9Cl4NO2S/c16-9-5-6-13-11(7-9)20(14(21)22-8-15(17,18)19)10-3-1-2-4-12(10)23-13/h1-7H,8H2. The van der Waals surface area contributed by atoms with E-state index in [2.05, 4.69) is 0 Å². The average Bonchev–Trinajstić information content (AvgIpc) is 2.49. The summed E-state index contributed by atoms with van der Waals surface area (Å²) in [6.07, 6.45) is -0.632. The van der Waals surface area contributed by atoms with Gasteiger partial charge >= 0.3 is 6.09 Å². The summed E-state index contributed by atoms with van der Waals surface area (Å²) in [6.45, 7) is -0.349. The maximum absolute atomic E-state index is 12.6. The van der Waals surface area contributed by atoms with Crippen molar-refractivity contribution in [1.29, 1.82) is 0 Å². The number of anilines is 2. The Morgan fingerprint density at radius 2 is 1.78 bits per heavy atom. The van der Waals surface area contributed by atoms with Gasteiger partial charge in [0, 0.05) is 14.8 Å². The van der Waals surface area contributed by atoms with Crippen LogP contribution in [0.4, 0.5) is 16.2 Å². The number of amides is 1. The Kier molecular flexibility index (Phi) is 4.90. The van der Waals surface area contributed by atoms with Crippen LogP contribution in [-0.2, 0) is 4.74 Å². The summed E-state index contributed by atoms with van der Waals surface area (Å²) in [4.78, 5) is 15.8. The molecule has 1 heterocycles. The molecule has 0 spiro atoms. The monoisotopic (exact) mass is 407 g/mol. The molecule has 2 aromatic carbocycles. The Bertz CT molecular complexity index is 763. The van der Waals surface area contributed by atoms with Gasteiger partial charge in [-0.25, -0.2) is 9.69 Å². The fourth-order valence-electron chi connectivity index (χ4n) is 2.13. The van der Waals surface area contributed by atoms with Crippen LogP contribution in [0.2, 0.25) is 5.02 Å². The number of alkyl halides is 3. The minimum Gasteiger partial charge on any atom is -0.444 e. The van der Waals surface area contributed by atoms with E-state index in [0.29, 0.717) is 16.4 Å². The predicted octanol–water partition coefficient (Wildman–Crippen LogP) is 6.45. The zero-order valence-electron chi connectivity index (χ0n) is 11.4. The van der Waals surface area contributed by atoms with Crippen LogP contribution in [0.1, 0.15) is 0 Å². The van der Waals surface area contributed by atoms with Gasteiger partial charge in [-0.3, -0.25) is 0 Å². The molecule has 0 fully saturated rings. The molecule has 0 bridgehead atoms. The highest BCUT2D eigenvalue weighted by Crippen LogP contribution is 2.49. The largest absolute Gasteiger partial charge is 0.444 e. The topological polar surface area (TPSA) is 29.5 Å². The fraction of sp³-hybridized carbons (Fsp3) is 0.133. The zero-order valence-corrected chi connectivity index (χ0v) is 15.3. The smallest absolute Gasteiger partial charge is 0.419 e. The van der Waals surface area contributed by atoms with Crippen LogP contribution in [0.15, 0.2) is 52.3 Å². The Hall–Kier alpha value is -0.780. The van der Waals surface area contributed by atoms with Crippen molar-refractivity contribution in [3.63, 3.8) is 0 Å². The molecule has 0 aliphatic carbocycles. The molecule has 1 aliphatic rings. The molecule has 0 aromatic heterocycles. The van der Waals surface area contributed by atoms with Crippen LogP contribution >= 0.6 is 58.2 Å². The van der Waals surface area contributed by atoms with Gasteiger partial charge in [0.1, 0.15) is 6.61 Å². The number of hydrogen-bond acceptors (Lipinski definition) is 3. The number of carbonyl (C=O) groups excluding carboxylic acids is 1. The number of ether oxygens (including phenoxy) is 1. The van der Waals surface area contributed by atoms with Gasteiger partial charge in [-0.2, -0.15) is 0 Å². The van der Waals surface area contributed by atoms with E-state index in [1.54, 1.807) is 23.9 Å². The lowest BCUT2D eigenvalue weighted by Crippen LogP contribution is -2.31. The van der Waals surface area contributed by atoms with Crippen molar-refractivity contribution in [3.8, 4) is 0 Å². The van der Waals surface area contributed by atoms with Crippen LogP contribution in [0.3, 0.4) is 0 Å². The third kappa shape index (κ3) is 3.83. The highest BCUT2D eigenvalue weighted by Gasteiger charge is 2.31. The quantitative estimate of drug-likeness (QED) is 0.507. The SMILES string of the molecule is O=C(OCC(Cl)(Cl)Cl)N1c2ccccc2Sc2ccc(Cl)cc21. The molecular formula is C15H9Cl4NO2S. The van der Waals surface area contributed by atoms with Gasteiger partial charge in [0.05, 0.1) is 11.4 Å². The number of para-hydroxylation sites is 1. The lowest BCUT2D eigenvalue weighted by atomic mass is 10.2. The molecule has 3 rings (SSSR count). The Labute approximate surface area is 157 Å². The van der Waals surface area contributed by atoms with E-state index in [1.807, 2.05) is 30.3 Å². The van der Waals surface area contributed by atoms with Crippen molar-refractivity contribution >= 4 is 75.6 Å². The summed E-state index contributed by atoms with van der Waals surface area (Å²) in [5.74, 6) is 0. The normalized spacial score (nSPS) is 13.3. The predicted molar refractivity (Wildman–Crippen MR) is 95.8 cm³/mol. The Balaban J connectivity index is 2.01. The van der Waals surface area contributed by atoms with Crippen LogP contribution in [0.5, 0.6) is 0 Å². The summed E-state index contributed by atoms with van der Waals surface area (Å²) in [6, 6.07) is 12.8. The minimum atomic E-state index is -1.67. The zero-order chi connectivity index (χ0) is 16.6. The second kappa shape index (κ2) is 6.61. The lowest BCUT2D eigenvalue weighted by Gasteiger charge is -2.30. The molecule has 0 saturated heterocycles. The van der Waals surface area contributed by atoms with E-state index in [0.717, 1.165) is 9.79 Å². The number of rotatable bonds is 1. The maximum atomic E-state index is 12.6. The Morgan fingerprint density at radius 3 is 2.52 bits per heavy atom. The van der Waals surface area contributed by atoms with Gasteiger partial charge in [0.25, 0.3) is 0 Å². The molecule has 3 nitrogen and oxygen atoms in total. The van der Waals surface area contributed by atoms with Gasteiger partial charge < -0.3 is 4.74 Å². The average molecular weight is 409 g/mol. The van der Waals surface area contributed by atoms with Crippen molar-refractivity contribution in [3.05, 3.63) is 47.5 Å². The molecule has 8 heteroatoms. The highest BCUT2D eigenvalue weighted by molar-refractivity contribution is 7.99. The number of fused-ring (bicyclic) bond motifs is 2. The van der Waals surface area contributed by atoms with E-state index in [9.17, 15) is 4.79 Å². The maximum Gasteiger partial charge on any atom is 0.419 e. The Morgan fingerprint density at radius 1 is 1.09 bits per heavy atom. The molecule has 1 aliphatic heterocycles. The molecular weight excluding hydrogens is 400 g/mol. The molecule has 0 radical (unpaired) electrons. The second-order valence-electron chi connectivity index (χ2n) is 4.69. The molecule has 1 amide bonds. The number of halogens is 4. The van der Waals surface area contributed by atoms with Crippen molar-refractivity contribution in [2.75, 3.05) is 11.5 Å². The van der Waals surface area contributed by atoms with Gasteiger partial charge in [0.2, 0.25) is 3.79 Å². The molecule has 0 atom stereocenters. The van der Waals surface area contributed by atoms with Crippen molar-refractivity contribution in [2.45, 2.75) is 13.6 Å². The van der Waals surface area contributed by atoms with Crippen LogP contribution < -0.4 is 4.90 Å². The van der Waals surface area contributed by atoms with Crippen molar-refractivity contribution in [2.24, 2.45) is 0 Å². The lowest BCUT2D eigenvalue weighted by molar-refractivity contribution is 0.158. The van der Waals surface area contributed by atoms with Gasteiger partial charge in [0.15, 0.2) is 0 Å². The van der Waals surface area contributed by atoms with E-state index in [4.69, 9.17) is 51.1 Å². The number of benzene rings is 2. The van der Waals surface area contributed by atoms with Crippen molar-refractivity contribution in [1.82, 2.24) is 0 Å². The summed E-state index contributed by atoms with van der Waals surface area (Å²) in [7, 11) is 0. The molecule has 2 aromatic rings. The summed E-state index contributed by atoms with van der Waals surface area (Å²) < 4.78 is 3.47. The van der Waals surface area contributed by atoms with Crippen molar-refractivity contribution < 1.29 is 9.53 Å². The first-order chi connectivity index (χ1) is 10.8. The fourth-order valence-corrected chi connectivity index (χ4v) is 3.50. The first-order valence-electron chi connectivity index (χ1n) is 6.45. The van der Waals surface area contributed by atoms with E-state index in [-0.39, 0.29) is 6.61 Å². The molecule has 0 saturated carbocycles. The summed E-state index contributed by atoms with van der Waals surface area (Å²) >= 11 is 24.6. The van der Waals surface area contributed by atoms with Gasteiger partial charge in [-0.1, -0.05) is 70.3 Å². The highest BCUT2D eigenvalue weighted by atomic mass is 35.6. The second-order valence-corrected chi connectivity index (χ2v) is 8.72. The van der Waals surface area contributed by atoms with Gasteiger partial charge in [-0.15, -0.1) is 0 Å². The van der Waals surface area contributed by atoms with Crippen LogP contribution in [-0.4, -0.2) is 16.5 Å². The molecule has 0 unspecified atom stereocenters. The summed E-state index contributed by atoms with van der Waals surface area (Å²) in [5.41, 5.74) is 1.33. The molecule has 0 N–H and O–H groups in total.